The summed E-state index contributed by atoms with van der Waals surface area (Å²) >= 11 is 0. The Balaban J connectivity index is 2.47. The molecule has 0 radical (unpaired) electrons. The number of aromatic nitrogens is 2. The number of hydrogen-bond donors (Lipinski definition) is 1. The van der Waals surface area contributed by atoms with E-state index in [-0.39, 0.29) is 11.7 Å². The van der Waals surface area contributed by atoms with Gasteiger partial charge in [0, 0.05) is 0 Å². The van der Waals surface area contributed by atoms with Crippen LogP contribution in [-0.4, -0.2) is 20.6 Å². The van der Waals surface area contributed by atoms with E-state index < -0.39 is 5.97 Å². The number of aryl methyl sites for hydroxylation is 1. The highest BCUT2D eigenvalue weighted by Crippen LogP contribution is 2.21. The third kappa shape index (κ3) is 2.06. The molecule has 0 aliphatic carbocycles. The number of carboxylic acids is 1. The number of rotatable bonds is 3. The molecule has 2 aromatic rings. The first-order chi connectivity index (χ1) is 8.11. The van der Waals surface area contributed by atoms with E-state index in [0.29, 0.717) is 5.82 Å². The summed E-state index contributed by atoms with van der Waals surface area (Å²) in [6, 6.07) is 9.75. The van der Waals surface area contributed by atoms with Crippen molar-refractivity contribution in [3.05, 3.63) is 53.6 Å². The van der Waals surface area contributed by atoms with E-state index in [1.165, 1.54) is 6.20 Å². The Bertz CT molecular complexity index is 532. The molecule has 1 atom stereocenters. The summed E-state index contributed by atoms with van der Waals surface area (Å²) in [5.74, 6) is -0.243. The highest BCUT2D eigenvalue weighted by Gasteiger charge is 2.18. The lowest BCUT2D eigenvalue weighted by molar-refractivity contribution is 0.0683. The molecular formula is C13H14N2O2. The second kappa shape index (κ2) is 4.41. The molecule has 0 spiro atoms. The molecule has 4 nitrogen and oxygen atoms in total. The molecule has 0 amide bonds. The summed E-state index contributed by atoms with van der Waals surface area (Å²) in [6.45, 7) is 3.78. The van der Waals surface area contributed by atoms with Gasteiger partial charge in [-0.3, -0.25) is 0 Å². The normalized spacial score (nSPS) is 12.4. The van der Waals surface area contributed by atoms with Crippen LogP contribution in [0.15, 0.2) is 36.5 Å². The van der Waals surface area contributed by atoms with E-state index in [1.54, 1.807) is 4.57 Å². The van der Waals surface area contributed by atoms with E-state index in [2.05, 4.69) is 4.98 Å². The van der Waals surface area contributed by atoms with Crippen molar-refractivity contribution in [3.8, 4) is 0 Å². The van der Waals surface area contributed by atoms with Crippen molar-refractivity contribution in [2.75, 3.05) is 0 Å². The Labute approximate surface area is 99.5 Å². The topological polar surface area (TPSA) is 55.1 Å². The Morgan fingerprint density at radius 2 is 2.00 bits per heavy atom. The van der Waals surface area contributed by atoms with Crippen LogP contribution in [0.2, 0.25) is 0 Å². The molecule has 1 aromatic carbocycles. The lowest BCUT2D eigenvalue weighted by Gasteiger charge is -2.17. The zero-order valence-corrected chi connectivity index (χ0v) is 9.79. The number of carboxylic acid groups (broad SMARTS) is 1. The Hall–Kier alpha value is -2.10. The smallest absolute Gasteiger partial charge is 0.354 e. The fourth-order valence-electron chi connectivity index (χ4n) is 1.98. The van der Waals surface area contributed by atoms with E-state index in [9.17, 15) is 4.79 Å². The van der Waals surface area contributed by atoms with Crippen LogP contribution >= 0.6 is 0 Å². The van der Waals surface area contributed by atoms with Gasteiger partial charge in [0.1, 0.15) is 11.5 Å². The van der Waals surface area contributed by atoms with E-state index >= 15 is 0 Å². The predicted molar refractivity (Wildman–Crippen MR) is 64.2 cm³/mol. The summed E-state index contributed by atoms with van der Waals surface area (Å²) < 4.78 is 1.73. The minimum absolute atomic E-state index is 0.0372. The number of aromatic carboxylic acids is 1. The van der Waals surface area contributed by atoms with Crippen molar-refractivity contribution in [1.29, 1.82) is 0 Å². The molecule has 4 heteroatoms. The van der Waals surface area contributed by atoms with Gasteiger partial charge in [0.2, 0.25) is 0 Å². The summed E-state index contributed by atoms with van der Waals surface area (Å²) in [5, 5.41) is 9.11. The molecule has 88 valence electrons. The SMILES string of the molecule is Cc1ncc(C(=O)O)n1[C@@H](C)c1ccccc1. The standard InChI is InChI=1S/C13H14N2O2/c1-9(11-6-4-3-5-7-11)15-10(2)14-8-12(15)13(16)17/h3-9H,1-2H3,(H,16,17)/t9-/m0/s1. The number of imidazole rings is 1. The van der Waals surface area contributed by atoms with Crippen LogP contribution in [0.3, 0.4) is 0 Å². The van der Waals surface area contributed by atoms with Crippen molar-refractivity contribution in [1.82, 2.24) is 9.55 Å². The average Bonchev–Trinajstić information content (AvgIpc) is 2.71. The van der Waals surface area contributed by atoms with Gasteiger partial charge in [-0.05, 0) is 19.4 Å². The number of benzene rings is 1. The largest absolute Gasteiger partial charge is 0.477 e. The first kappa shape index (κ1) is 11.4. The second-order valence-electron chi connectivity index (χ2n) is 3.95. The molecule has 0 aliphatic heterocycles. The van der Waals surface area contributed by atoms with Gasteiger partial charge in [-0.25, -0.2) is 9.78 Å². The molecule has 0 aliphatic rings. The molecule has 0 fully saturated rings. The molecule has 1 heterocycles. The van der Waals surface area contributed by atoms with Gasteiger partial charge in [0.25, 0.3) is 0 Å². The molecule has 1 N–H and O–H groups in total. The number of nitrogens with zero attached hydrogens (tertiary/aromatic N) is 2. The van der Waals surface area contributed by atoms with Crippen LogP contribution in [0, 0.1) is 6.92 Å². The zero-order chi connectivity index (χ0) is 12.4. The van der Waals surface area contributed by atoms with Crippen molar-refractivity contribution in [2.24, 2.45) is 0 Å². The van der Waals surface area contributed by atoms with Gasteiger partial charge in [-0.1, -0.05) is 30.3 Å². The first-order valence-electron chi connectivity index (χ1n) is 5.43. The van der Waals surface area contributed by atoms with Gasteiger partial charge in [0.15, 0.2) is 0 Å². The van der Waals surface area contributed by atoms with E-state index in [4.69, 9.17) is 5.11 Å². The average molecular weight is 230 g/mol. The van der Waals surface area contributed by atoms with Crippen LogP contribution in [0.4, 0.5) is 0 Å². The quantitative estimate of drug-likeness (QED) is 0.881. The minimum atomic E-state index is -0.951. The van der Waals surface area contributed by atoms with Gasteiger partial charge >= 0.3 is 5.97 Å². The van der Waals surface area contributed by atoms with E-state index in [0.717, 1.165) is 5.56 Å². The molecule has 17 heavy (non-hydrogen) atoms. The minimum Gasteiger partial charge on any atom is -0.477 e. The number of hydrogen-bond acceptors (Lipinski definition) is 2. The zero-order valence-electron chi connectivity index (χ0n) is 9.79. The van der Waals surface area contributed by atoms with Crippen LogP contribution < -0.4 is 0 Å². The van der Waals surface area contributed by atoms with Crippen LogP contribution in [0.5, 0.6) is 0 Å². The summed E-state index contributed by atoms with van der Waals surface area (Å²) in [5.41, 5.74) is 1.29. The number of carbonyl (C=O) groups is 1. The molecule has 0 saturated carbocycles. The summed E-state index contributed by atoms with van der Waals surface area (Å²) in [6.07, 6.45) is 1.40. The Morgan fingerprint density at radius 3 is 2.59 bits per heavy atom. The fourth-order valence-corrected chi connectivity index (χ4v) is 1.98. The van der Waals surface area contributed by atoms with Gasteiger partial charge in [-0.2, -0.15) is 0 Å². The maximum atomic E-state index is 11.1. The molecular weight excluding hydrogens is 216 g/mol. The molecule has 0 unspecified atom stereocenters. The summed E-state index contributed by atoms with van der Waals surface area (Å²) in [7, 11) is 0. The fraction of sp³-hybridized carbons (Fsp3) is 0.231. The van der Waals surface area contributed by atoms with Crippen molar-refractivity contribution in [3.63, 3.8) is 0 Å². The summed E-state index contributed by atoms with van der Waals surface area (Å²) in [4.78, 5) is 15.2. The van der Waals surface area contributed by atoms with E-state index in [1.807, 2.05) is 44.2 Å². The highest BCUT2D eigenvalue weighted by molar-refractivity contribution is 5.85. The monoisotopic (exact) mass is 230 g/mol. The van der Waals surface area contributed by atoms with Crippen molar-refractivity contribution < 1.29 is 9.90 Å². The molecule has 1 aromatic heterocycles. The maximum absolute atomic E-state index is 11.1. The van der Waals surface area contributed by atoms with Crippen LogP contribution in [-0.2, 0) is 0 Å². The van der Waals surface area contributed by atoms with Crippen LogP contribution in [0.25, 0.3) is 0 Å². The highest BCUT2D eigenvalue weighted by atomic mass is 16.4. The third-order valence-electron chi connectivity index (χ3n) is 2.87. The molecule has 0 saturated heterocycles. The first-order valence-corrected chi connectivity index (χ1v) is 5.43. The maximum Gasteiger partial charge on any atom is 0.354 e. The van der Waals surface area contributed by atoms with Gasteiger partial charge in [0.05, 0.1) is 12.2 Å². The Kier molecular flexibility index (Phi) is 2.95. The molecule has 0 bridgehead atoms. The lowest BCUT2D eigenvalue weighted by Crippen LogP contribution is -2.15. The Morgan fingerprint density at radius 1 is 1.35 bits per heavy atom. The molecule has 2 rings (SSSR count). The van der Waals surface area contributed by atoms with Crippen molar-refractivity contribution in [2.45, 2.75) is 19.9 Å². The predicted octanol–water partition coefficient (Wildman–Crippen LogP) is 2.50. The van der Waals surface area contributed by atoms with Crippen molar-refractivity contribution >= 4 is 5.97 Å². The third-order valence-corrected chi connectivity index (χ3v) is 2.87. The second-order valence-corrected chi connectivity index (χ2v) is 3.95. The lowest BCUT2D eigenvalue weighted by atomic mass is 10.1. The van der Waals surface area contributed by atoms with Gasteiger partial charge in [-0.15, -0.1) is 0 Å². The van der Waals surface area contributed by atoms with Gasteiger partial charge < -0.3 is 9.67 Å². The van der Waals surface area contributed by atoms with Crippen LogP contribution in [0.1, 0.15) is 34.8 Å².